The molecule has 0 radical (unpaired) electrons. The number of hydrogen-bond donors (Lipinski definition) is 1. The summed E-state index contributed by atoms with van der Waals surface area (Å²) in [7, 11) is 0. The van der Waals surface area contributed by atoms with E-state index in [1.165, 1.54) is 0 Å². The average molecular weight is 337 g/mol. The lowest BCUT2D eigenvalue weighted by Gasteiger charge is -2.48. The largest absolute Gasteiger partial charge is 0.473 e. The molecular formula is C12H12BrF3N2O. The third kappa shape index (κ3) is 2.45. The zero-order chi connectivity index (χ0) is 13.6. The fourth-order valence-electron chi connectivity index (χ4n) is 2.69. The van der Waals surface area contributed by atoms with Crippen molar-refractivity contribution >= 4 is 15.9 Å². The number of nitrogens with one attached hydrogen (secondary N) is 1. The minimum atomic E-state index is -4.38. The van der Waals surface area contributed by atoms with Crippen LogP contribution in [0.15, 0.2) is 16.7 Å². The zero-order valence-corrected chi connectivity index (χ0v) is 11.5. The van der Waals surface area contributed by atoms with Gasteiger partial charge in [0.15, 0.2) is 0 Å². The minimum absolute atomic E-state index is 0.0711. The smallest absolute Gasteiger partial charge is 0.417 e. The normalized spacial score (nSPS) is 29.8. The van der Waals surface area contributed by atoms with Crippen molar-refractivity contribution in [1.29, 1.82) is 0 Å². The molecule has 2 heterocycles. The van der Waals surface area contributed by atoms with Crippen molar-refractivity contribution in [3.05, 3.63) is 22.3 Å². The molecule has 2 aliphatic rings. The summed E-state index contributed by atoms with van der Waals surface area (Å²) in [6, 6.07) is 1.01. The lowest BCUT2D eigenvalue weighted by molar-refractivity contribution is -0.138. The van der Waals surface area contributed by atoms with Crippen molar-refractivity contribution in [3.8, 4) is 5.88 Å². The lowest BCUT2D eigenvalue weighted by Crippen LogP contribution is -2.59. The Kier molecular flexibility index (Phi) is 3.21. The average Bonchev–Trinajstić information content (AvgIpc) is 2.36. The van der Waals surface area contributed by atoms with Gasteiger partial charge in [-0.25, -0.2) is 4.98 Å². The van der Waals surface area contributed by atoms with Crippen LogP contribution in [0.25, 0.3) is 0 Å². The van der Waals surface area contributed by atoms with Crippen LogP contribution in [-0.4, -0.2) is 24.2 Å². The molecule has 1 aromatic rings. The van der Waals surface area contributed by atoms with Crippen molar-refractivity contribution in [2.45, 2.75) is 18.7 Å². The second kappa shape index (κ2) is 4.63. The molecule has 1 saturated carbocycles. The van der Waals surface area contributed by atoms with Gasteiger partial charge in [0.2, 0.25) is 5.88 Å². The molecule has 19 heavy (non-hydrogen) atoms. The van der Waals surface area contributed by atoms with Crippen LogP contribution in [0.2, 0.25) is 0 Å². The molecule has 104 valence electrons. The Bertz CT molecular complexity index is 480. The van der Waals surface area contributed by atoms with E-state index in [0.29, 0.717) is 11.8 Å². The maximum Gasteiger partial charge on any atom is 0.417 e. The van der Waals surface area contributed by atoms with Gasteiger partial charge < -0.3 is 10.1 Å². The van der Waals surface area contributed by atoms with E-state index in [2.05, 4.69) is 26.2 Å². The Balaban J connectivity index is 1.75. The number of ether oxygens (including phenoxy) is 1. The highest BCUT2D eigenvalue weighted by atomic mass is 79.9. The van der Waals surface area contributed by atoms with E-state index < -0.39 is 11.7 Å². The molecule has 1 aromatic heterocycles. The quantitative estimate of drug-likeness (QED) is 0.901. The molecule has 7 heteroatoms. The fraction of sp³-hybridized carbons (Fsp3) is 0.583. The highest BCUT2D eigenvalue weighted by Gasteiger charge is 2.46. The van der Waals surface area contributed by atoms with Crippen LogP contribution in [0.4, 0.5) is 13.2 Å². The maximum absolute atomic E-state index is 12.5. The Hall–Kier alpha value is -0.820. The Labute approximate surface area is 116 Å². The van der Waals surface area contributed by atoms with Crippen molar-refractivity contribution < 1.29 is 17.9 Å². The number of halogens is 4. The monoisotopic (exact) mass is 336 g/mol. The molecule has 1 saturated heterocycles. The maximum atomic E-state index is 12.5. The standard InChI is InChI=1S/C12H12BrF3N2O/c13-9-2-8(12(14,15)16)5-18-11(9)19-10-6-1-7(10)4-17-3-6/h2,5-7,10,17H,1,3-4H2/t6-,7+,10?. The molecule has 1 N–H and O–H groups in total. The van der Waals surface area contributed by atoms with E-state index in [9.17, 15) is 13.2 Å². The molecule has 3 rings (SSSR count). The van der Waals surface area contributed by atoms with Crippen LogP contribution < -0.4 is 10.1 Å². The molecular weight excluding hydrogens is 325 g/mol. The molecule has 0 amide bonds. The SMILES string of the molecule is FC(F)(F)c1cnc(OC2[C@@H]3CNC[C@H]2C3)c(Br)c1. The van der Waals surface area contributed by atoms with Crippen LogP contribution in [-0.2, 0) is 6.18 Å². The van der Waals surface area contributed by atoms with E-state index in [1.54, 1.807) is 0 Å². The van der Waals surface area contributed by atoms with Gasteiger partial charge in [-0.15, -0.1) is 0 Å². The van der Waals surface area contributed by atoms with Gasteiger partial charge in [0.05, 0.1) is 10.0 Å². The predicted octanol–water partition coefficient (Wildman–Crippen LogP) is 2.85. The van der Waals surface area contributed by atoms with Gasteiger partial charge in [0.25, 0.3) is 0 Å². The van der Waals surface area contributed by atoms with Crippen LogP contribution in [0.3, 0.4) is 0 Å². The number of rotatable bonds is 2. The van der Waals surface area contributed by atoms with Gasteiger partial charge >= 0.3 is 6.18 Å². The number of nitrogens with zero attached hydrogens (tertiary/aromatic N) is 1. The van der Waals surface area contributed by atoms with E-state index in [-0.39, 0.29) is 16.5 Å². The summed E-state index contributed by atoms with van der Waals surface area (Å²) in [5, 5.41) is 3.28. The number of alkyl halides is 3. The minimum Gasteiger partial charge on any atom is -0.473 e. The first-order valence-electron chi connectivity index (χ1n) is 6.05. The first-order chi connectivity index (χ1) is 8.95. The number of piperidine rings is 2. The number of aromatic nitrogens is 1. The van der Waals surface area contributed by atoms with Crippen LogP contribution in [0, 0.1) is 11.8 Å². The molecule has 2 fully saturated rings. The summed E-state index contributed by atoms with van der Waals surface area (Å²) in [4.78, 5) is 3.78. The third-order valence-corrected chi connectivity index (χ3v) is 4.30. The Morgan fingerprint density at radius 3 is 2.53 bits per heavy atom. The van der Waals surface area contributed by atoms with Crippen molar-refractivity contribution in [2.24, 2.45) is 11.8 Å². The van der Waals surface area contributed by atoms with E-state index in [0.717, 1.165) is 31.8 Å². The number of hydrogen-bond acceptors (Lipinski definition) is 3. The molecule has 0 aromatic carbocycles. The number of pyridine rings is 1. The predicted molar refractivity (Wildman–Crippen MR) is 65.8 cm³/mol. The molecule has 1 aliphatic heterocycles. The first kappa shape index (κ1) is 13.2. The summed E-state index contributed by atoms with van der Waals surface area (Å²) >= 11 is 3.10. The fourth-order valence-corrected chi connectivity index (χ4v) is 3.13. The highest BCUT2D eigenvalue weighted by molar-refractivity contribution is 9.10. The van der Waals surface area contributed by atoms with Gasteiger partial charge in [-0.3, -0.25) is 0 Å². The van der Waals surface area contributed by atoms with Crippen LogP contribution in [0.5, 0.6) is 5.88 Å². The molecule has 2 bridgehead atoms. The van der Waals surface area contributed by atoms with Crippen LogP contribution >= 0.6 is 15.9 Å². The zero-order valence-electron chi connectivity index (χ0n) is 9.88. The summed E-state index contributed by atoms with van der Waals surface area (Å²) < 4.78 is 43.6. The first-order valence-corrected chi connectivity index (χ1v) is 6.84. The third-order valence-electron chi connectivity index (χ3n) is 3.73. The van der Waals surface area contributed by atoms with Crippen molar-refractivity contribution in [2.75, 3.05) is 13.1 Å². The van der Waals surface area contributed by atoms with Gasteiger partial charge in [-0.2, -0.15) is 13.2 Å². The molecule has 3 nitrogen and oxygen atoms in total. The summed E-state index contributed by atoms with van der Waals surface area (Å²) in [5.41, 5.74) is -0.776. The van der Waals surface area contributed by atoms with Gasteiger partial charge in [-0.1, -0.05) is 0 Å². The number of fused-ring (bicyclic) bond motifs is 2. The summed E-state index contributed by atoms with van der Waals surface area (Å²) in [6.45, 7) is 1.80. The van der Waals surface area contributed by atoms with E-state index in [1.807, 2.05) is 0 Å². The Morgan fingerprint density at radius 1 is 1.32 bits per heavy atom. The molecule has 1 aliphatic carbocycles. The topological polar surface area (TPSA) is 34.1 Å². The van der Waals surface area contributed by atoms with Crippen molar-refractivity contribution in [3.63, 3.8) is 0 Å². The molecule has 3 atom stereocenters. The van der Waals surface area contributed by atoms with E-state index in [4.69, 9.17) is 4.74 Å². The van der Waals surface area contributed by atoms with Gasteiger partial charge in [0, 0.05) is 31.1 Å². The Morgan fingerprint density at radius 2 is 2.00 bits per heavy atom. The second-order valence-electron chi connectivity index (χ2n) is 5.01. The second-order valence-corrected chi connectivity index (χ2v) is 5.86. The van der Waals surface area contributed by atoms with E-state index >= 15 is 0 Å². The highest BCUT2D eigenvalue weighted by Crippen LogP contribution is 2.41. The van der Waals surface area contributed by atoms with Crippen molar-refractivity contribution in [1.82, 2.24) is 10.3 Å². The van der Waals surface area contributed by atoms with Gasteiger partial charge in [0.1, 0.15) is 6.10 Å². The molecule has 1 unspecified atom stereocenters. The molecule has 0 spiro atoms. The summed E-state index contributed by atoms with van der Waals surface area (Å²) in [5.74, 6) is 1.12. The lowest BCUT2D eigenvalue weighted by atomic mass is 9.69. The van der Waals surface area contributed by atoms with Gasteiger partial charge in [-0.05, 0) is 28.4 Å². The van der Waals surface area contributed by atoms with Crippen LogP contribution in [0.1, 0.15) is 12.0 Å². The summed E-state index contributed by atoms with van der Waals surface area (Å²) in [6.07, 6.45) is -2.38.